The second-order valence-corrected chi connectivity index (χ2v) is 6.74. The van der Waals surface area contributed by atoms with Gasteiger partial charge in [0.2, 0.25) is 5.91 Å². The molecule has 140 valence electrons. The molecule has 0 aliphatic carbocycles. The minimum atomic E-state index is -0.560. The summed E-state index contributed by atoms with van der Waals surface area (Å²) in [5.74, 6) is 1.50. The second-order valence-electron chi connectivity index (χ2n) is 5.71. The SMILES string of the molecule is COCCOc1cccc(CNC(=O)CSCC(O)c2ccccc2)c1. The van der Waals surface area contributed by atoms with Crippen molar-refractivity contribution in [3.63, 3.8) is 0 Å². The summed E-state index contributed by atoms with van der Waals surface area (Å²) in [6.45, 7) is 1.47. The number of hydrogen-bond donors (Lipinski definition) is 2. The van der Waals surface area contributed by atoms with Gasteiger partial charge in [-0.25, -0.2) is 0 Å². The maximum atomic E-state index is 12.0. The summed E-state index contributed by atoms with van der Waals surface area (Å²) >= 11 is 1.42. The van der Waals surface area contributed by atoms with Gasteiger partial charge in [-0.15, -0.1) is 11.8 Å². The van der Waals surface area contributed by atoms with E-state index in [0.717, 1.165) is 16.9 Å². The summed E-state index contributed by atoms with van der Waals surface area (Å²) in [4.78, 5) is 12.0. The van der Waals surface area contributed by atoms with Gasteiger partial charge in [-0.3, -0.25) is 4.79 Å². The summed E-state index contributed by atoms with van der Waals surface area (Å²) in [7, 11) is 1.63. The fourth-order valence-corrected chi connectivity index (χ4v) is 3.10. The van der Waals surface area contributed by atoms with Crippen LogP contribution in [0.1, 0.15) is 17.2 Å². The van der Waals surface area contributed by atoms with Gasteiger partial charge in [-0.2, -0.15) is 0 Å². The first-order valence-corrected chi connectivity index (χ1v) is 9.62. The van der Waals surface area contributed by atoms with Gasteiger partial charge in [0.15, 0.2) is 0 Å². The van der Waals surface area contributed by atoms with Crippen LogP contribution in [0, 0.1) is 0 Å². The van der Waals surface area contributed by atoms with Gasteiger partial charge in [-0.1, -0.05) is 42.5 Å². The monoisotopic (exact) mass is 375 g/mol. The number of amides is 1. The molecule has 0 radical (unpaired) electrons. The van der Waals surface area contributed by atoms with E-state index >= 15 is 0 Å². The van der Waals surface area contributed by atoms with Gasteiger partial charge in [-0.05, 0) is 23.3 Å². The molecule has 6 heteroatoms. The van der Waals surface area contributed by atoms with E-state index in [1.54, 1.807) is 7.11 Å². The van der Waals surface area contributed by atoms with Crippen molar-refractivity contribution < 1.29 is 19.4 Å². The number of methoxy groups -OCH3 is 1. The number of benzene rings is 2. The van der Waals surface area contributed by atoms with Crippen molar-refractivity contribution in [2.75, 3.05) is 31.8 Å². The lowest BCUT2D eigenvalue weighted by Crippen LogP contribution is -2.25. The quantitative estimate of drug-likeness (QED) is 0.591. The van der Waals surface area contributed by atoms with Gasteiger partial charge in [0.05, 0.1) is 18.5 Å². The van der Waals surface area contributed by atoms with Gasteiger partial charge < -0.3 is 19.9 Å². The third-order valence-corrected chi connectivity index (χ3v) is 4.66. The summed E-state index contributed by atoms with van der Waals surface area (Å²) in [6.07, 6.45) is -0.560. The molecule has 2 rings (SSSR count). The Hall–Kier alpha value is -2.02. The molecule has 1 unspecified atom stereocenters. The first-order valence-electron chi connectivity index (χ1n) is 8.47. The Bertz CT molecular complexity index is 666. The Labute approximate surface area is 158 Å². The molecule has 2 N–H and O–H groups in total. The third-order valence-electron chi connectivity index (χ3n) is 3.64. The van der Waals surface area contributed by atoms with Crippen LogP contribution >= 0.6 is 11.8 Å². The van der Waals surface area contributed by atoms with Crippen LogP contribution < -0.4 is 10.1 Å². The Balaban J connectivity index is 1.67. The molecule has 0 aliphatic heterocycles. The summed E-state index contributed by atoms with van der Waals surface area (Å²) in [6, 6.07) is 17.1. The van der Waals surface area contributed by atoms with Crippen LogP contribution in [0.4, 0.5) is 0 Å². The molecule has 0 saturated heterocycles. The fraction of sp³-hybridized carbons (Fsp3) is 0.350. The van der Waals surface area contributed by atoms with Gasteiger partial charge in [0.25, 0.3) is 0 Å². The molecular weight excluding hydrogens is 350 g/mol. The van der Waals surface area contributed by atoms with E-state index in [-0.39, 0.29) is 5.91 Å². The van der Waals surface area contributed by atoms with Crippen molar-refractivity contribution in [2.45, 2.75) is 12.6 Å². The van der Waals surface area contributed by atoms with E-state index in [0.29, 0.717) is 31.3 Å². The van der Waals surface area contributed by atoms with Crippen molar-refractivity contribution in [3.05, 3.63) is 65.7 Å². The maximum absolute atomic E-state index is 12.0. The molecule has 0 aliphatic rings. The zero-order chi connectivity index (χ0) is 18.6. The minimum Gasteiger partial charge on any atom is -0.491 e. The molecule has 2 aromatic rings. The predicted octanol–water partition coefficient (Wildman–Crippen LogP) is 2.79. The molecule has 0 fully saturated rings. The van der Waals surface area contributed by atoms with Gasteiger partial charge >= 0.3 is 0 Å². The normalized spacial score (nSPS) is 11.8. The van der Waals surface area contributed by atoms with Crippen molar-refractivity contribution >= 4 is 17.7 Å². The van der Waals surface area contributed by atoms with E-state index in [9.17, 15) is 9.90 Å². The lowest BCUT2D eigenvalue weighted by atomic mass is 10.1. The van der Waals surface area contributed by atoms with Crippen LogP contribution in [0.25, 0.3) is 0 Å². The highest BCUT2D eigenvalue weighted by molar-refractivity contribution is 7.99. The number of aliphatic hydroxyl groups excluding tert-OH is 1. The van der Waals surface area contributed by atoms with Crippen LogP contribution in [0.5, 0.6) is 5.75 Å². The molecule has 5 nitrogen and oxygen atoms in total. The predicted molar refractivity (Wildman–Crippen MR) is 104 cm³/mol. The van der Waals surface area contributed by atoms with Gasteiger partial charge in [0, 0.05) is 19.4 Å². The highest BCUT2D eigenvalue weighted by atomic mass is 32.2. The Morgan fingerprint density at radius 2 is 1.96 bits per heavy atom. The molecular formula is C20H25NO4S. The minimum absolute atomic E-state index is 0.0547. The Kier molecular flexibility index (Phi) is 9.03. The average molecular weight is 375 g/mol. The van der Waals surface area contributed by atoms with E-state index < -0.39 is 6.10 Å². The van der Waals surface area contributed by atoms with E-state index in [1.807, 2.05) is 54.6 Å². The van der Waals surface area contributed by atoms with E-state index in [2.05, 4.69) is 5.32 Å². The third kappa shape index (κ3) is 7.47. The van der Waals surface area contributed by atoms with Crippen LogP contribution in [0.3, 0.4) is 0 Å². The number of nitrogens with one attached hydrogen (secondary N) is 1. The average Bonchev–Trinajstić information content (AvgIpc) is 2.67. The van der Waals surface area contributed by atoms with Crippen LogP contribution in [0.2, 0.25) is 0 Å². The fourth-order valence-electron chi connectivity index (χ4n) is 2.27. The number of thioether (sulfide) groups is 1. The Morgan fingerprint density at radius 3 is 2.73 bits per heavy atom. The largest absolute Gasteiger partial charge is 0.491 e. The molecule has 0 spiro atoms. The molecule has 0 heterocycles. The Morgan fingerprint density at radius 1 is 1.15 bits per heavy atom. The maximum Gasteiger partial charge on any atom is 0.230 e. The van der Waals surface area contributed by atoms with Crippen molar-refractivity contribution in [3.8, 4) is 5.75 Å². The summed E-state index contributed by atoms with van der Waals surface area (Å²) < 4.78 is 10.5. The number of rotatable bonds is 11. The molecule has 0 saturated carbocycles. The topological polar surface area (TPSA) is 67.8 Å². The molecule has 0 bridgehead atoms. The smallest absolute Gasteiger partial charge is 0.230 e. The molecule has 0 aromatic heterocycles. The summed E-state index contributed by atoms with van der Waals surface area (Å²) in [5.41, 5.74) is 1.84. The lowest BCUT2D eigenvalue weighted by molar-refractivity contribution is -0.118. The lowest BCUT2D eigenvalue weighted by Gasteiger charge is -2.11. The number of carbonyl (C=O) groups is 1. The number of carbonyl (C=O) groups excluding carboxylic acids is 1. The first-order chi connectivity index (χ1) is 12.7. The highest BCUT2D eigenvalue weighted by Crippen LogP contribution is 2.18. The number of aliphatic hydroxyl groups is 1. The first kappa shape index (κ1) is 20.3. The molecule has 1 amide bonds. The van der Waals surface area contributed by atoms with Crippen molar-refractivity contribution in [1.29, 1.82) is 0 Å². The number of ether oxygens (including phenoxy) is 2. The van der Waals surface area contributed by atoms with Crippen LogP contribution in [0.15, 0.2) is 54.6 Å². The van der Waals surface area contributed by atoms with Gasteiger partial charge in [0.1, 0.15) is 12.4 Å². The van der Waals surface area contributed by atoms with Crippen molar-refractivity contribution in [1.82, 2.24) is 5.32 Å². The molecule has 2 aromatic carbocycles. The number of hydrogen-bond acceptors (Lipinski definition) is 5. The van der Waals surface area contributed by atoms with E-state index in [1.165, 1.54) is 11.8 Å². The zero-order valence-electron chi connectivity index (χ0n) is 14.9. The van der Waals surface area contributed by atoms with E-state index in [4.69, 9.17) is 9.47 Å². The highest BCUT2D eigenvalue weighted by Gasteiger charge is 2.09. The van der Waals surface area contributed by atoms with Crippen LogP contribution in [-0.2, 0) is 16.1 Å². The standard InChI is InChI=1S/C20H25NO4S/c1-24-10-11-25-18-9-5-6-16(12-18)13-21-20(23)15-26-14-19(22)17-7-3-2-4-8-17/h2-9,12,19,22H,10-11,13-15H2,1H3,(H,21,23). The summed E-state index contributed by atoms with van der Waals surface area (Å²) in [5, 5.41) is 13.0. The van der Waals surface area contributed by atoms with Crippen molar-refractivity contribution in [2.24, 2.45) is 0 Å². The zero-order valence-corrected chi connectivity index (χ0v) is 15.7. The molecule has 1 atom stereocenters. The van der Waals surface area contributed by atoms with Crippen LogP contribution in [-0.4, -0.2) is 42.8 Å². The second kappa shape index (κ2) is 11.6. The molecule has 26 heavy (non-hydrogen) atoms.